The Morgan fingerprint density at radius 2 is 2.16 bits per heavy atom. The summed E-state index contributed by atoms with van der Waals surface area (Å²) in [6, 6.07) is 9.83. The quantitative estimate of drug-likeness (QED) is 0.857. The minimum atomic E-state index is -0.391. The van der Waals surface area contributed by atoms with Crippen LogP contribution in [0.2, 0.25) is 0 Å². The van der Waals surface area contributed by atoms with Crippen molar-refractivity contribution in [3.63, 3.8) is 0 Å². The van der Waals surface area contributed by atoms with Gasteiger partial charge in [0.2, 0.25) is 5.91 Å². The van der Waals surface area contributed by atoms with Crippen molar-refractivity contribution >= 4 is 5.91 Å². The fourth-order valence-electron chi connectivity index (χ4n) is 1.98. The van der Waals surface area contributed by atoms with Crippen LogP contribution in [0.5, 0.6) is 0 Å². The number of hydrogen-bond donors (Lipinski definition) is 1. The summed E-state index contributed by atoms with van der Waals surface area (Å²) in [6.07, 6.45) is 4.21. The van der Waals surface area contributed by atoms with E-state index >= 15 is 0 Å². The molecule has 1 aromatic heterocycles. The first kappa shape index (κ1) is 11.8. The Labute approximate surface area is 110 Å². The molecule has 0 spiro atoms. The molecular weight excluding hydrogens is 242 g/mol. The normalized spacial score (nSPS) is 16.0. The molecule has 1 unspecified atom stereocenters. The van der Waals surface area contributed by atoms with E-state index in [0.717, 1.165) is 18.4 Å². The van der Waals surface area contributed by atoms with Gasteiger partial charge in [0.15, 0.2) is 0 Å². The second-order valence-electron chi connectivity index (χ2n) is 4.78. The zero-order chi connectivity index (χ0) is 13.1. The highest BCUT2D eigenvalue weighted by Gasteiger charge is 2.29. The number of carbonyl (C=O) groups excluding carboxylic acids is 1. The Hall–Kier alpha value is -2.24. The third-order valence-corrected chi connectivity index (χ3v) is 3.18. The highest BCUT2D eigenvalue weighted by atomic mass is 16.2. The molecule has 0 radical (unpaired) electrons. The third kappa shape index (κ3) is 2.96. The summed E-state index contributed by atoms with van der Waals surface area (Å²) in [4.78, 5) is 12.3. The van der Waals surface area contributed by atoms with Crippen LogP contribution in [-0.2, 0) is 11.2 Å². The van der Waals surface area contributed by atoms with Crippen molar-refractivity contribution in [2.45, 2.75) is 31.3 Å². The number of carbonyl (C=O) groups is 1. The molecule has 6 nitrogen and oxygen atoms in total. The van der Waals surface area contributed by atoms with Crippen LogP contribution in [0.25, 0.3) is 0 Å². The van der Waals surface area contributed by atoms with E-state index in [1.807, 2.05) is 30.3 Å². The van der Waals surface area contributed by atoms with Crippen molar-refractivity contribution < 1.29 is 4.79 Å². The molecule has 0 aliphatic heterocycles. The molecule has 1 amide bonds. The number of benzene rings is 1. The molecule has 1 N–H and O–H groups in total. The van der Waals surface area contributed by atoms with Gasteiger partial charge in [0.05, 0.1) is 0 Å². The molecule has 1 atom stereocenters. The molecule has 1 aliphatic rings. The van der Waals surface area contributed by atoms with Gasteiger partial charge in [0.1, 0.15) is 12.4 Å². The van der Waals surface area contributed by atoms with Gasteiger partial charge < -0.3 is 5.32 Å². The summed E-state index contributed by atoms with van der Waals surface area (Å²) in [7, 11) is 0. The van der Waals surface area contributed by atoms with Gasteiger partial charge in [-0.05, 0) is 28.8 Å². The molecule has 19 heavy (non-hydrogen) atoms. The molecule has 0 saturated heterocycles. The van der Waals surface area contributed by atoms with E-state index in [2.05, 4.69) is 20.8 Å². The van der Waals surface area contributed by atoms with Gasteiger partial charge in [0, 0.05) is 12.5 Å². The SMILES string of the molecule is O=C(NC1CC1)C(Cc1ccccc1)n1cnnn1. The fourth-order valence-corrected chi connectivity index (χ4v) is 1.98. The number of nitrogens with one attached hydrogen (secondary N) is 1. The minimum Gasteiger partial charge on any atom is -0.351 e. The molecule has 1 aromatic carbocycles. The maximum atomic E-state index is 12.3. The molecule has 98 valence electrons. The van der Waals surface area contributed by atoms with Crippen LogP contribution in [0.3, 0.4) is 0 Å². The molecule has 2 aromatic rings. The van der Waals surface area contributed by atoms with E-state index in [1.54, 1.807) is 0 Å². The molecule has 1 aliphatic carbocycles. The smallest absolute Gasteiger partial charge is 0.245 e. The predicted molar refractivity (Wildman–Crippen MR) is 68.2 cm³/mol. The average Bonchev–Trinajstić information content (AvgIpc) is 3.08. The van der Waals surface area contributed by atoms with Crippen LogP contribution >= 0.6 is 0 Å². The standard InChI is InChI=1S/C13H15N5O/c19-13(15-11-6-7-11)12(18-9-14-16-17-18)8-10-4-2-1-3-5-10/h1-5,9,11-12H,6-8H2,(H,15,19). The summed E-state index contributed by atoms with van der Waals surface area (Å²) in [6.45, 7) is 0. The Bertz CT molecular complexity index is 535. The van der Waals surface area contributed by atoms with Gasteiger partial charge in [0.25, 0.3) is 0 Å². The van der Waals surface area contributed by atoms with Crippen molar-refractivity contribution in [1.29, 1.82) is 0 Å². The lowest BCUT2D eigenvalue weighted by molar-refractivity contribution is -0.124. The zero-order valence-electron chi connectivity index (χ0n) is 10.4. The molecule has 1 fully saturated rings. The lowest BCUT2D eigenvalue weighted by Gasteiger charge is -2.16. The van der Waals surface area contributed by atoms with Crippen LogP contribution < -0.4 is 5.32 Å². The highest BCUT2D eigenvalue weighted by molar-refractivity contribution is 5.81. The molecular formula is C13H15N5O. The summed E-state index contributed by atoms with van der Waals surface area (Å²) in [5.74, 6) is -0.0151. The van der Waals surface area contributed by atoms with Crippen molar-refractivity contribution in [2.24, 2.45) is 0 Å². The van der Waals surface area contributed by atoms with Crippen molar-refractivity contribution in [1.82, 2.24) is 25.5 Å². The Balaban J connectivity index is 1.77. The lowest BCUT2D eigenvalue weighted by atomic mass is 10.1. The van der Waals surface area contributed by atoms with Crippen LogP contribution in [0.1, 0.15) is 24.4 Å². The molecule has 6 heteroatoms. The highest BCUT2D eigenvalue weighted by Crippen LogP contribution is 2.21. The summed E-state index contributed by atoms with van der Waals surface area (Å²) < 4.78 is 1.52. The number of hydrogen-bond acceptors (Lipinski definition) is 4. The number of tetrazole rings is 1. The number of aromatic nitrogens is 4. The maximum absolute atomic E-state index is 12.3. The first-order valence-corrected chi connectivity index (χ1v) is 6.40. The van der Waals surface area contributed by atoms with Crippen LogP contribution in [0, 0.1) is 0 Å². The van der Waals surface area contributed by atoms with Gasteiger partial charge >= 0.3 is 0 Å². The van der Waals surface area contributed by atoms with Crippen molar-refractivity contribution in [2.75, 3.05) is 0 Å². The van der Waals surface area contributed by atoms with Crippen LogP contribution in [0.15, 0.2) is 36.7 Å². The van der Waals surface area contributed by atoms with Crippen LogP contribution in [-0.4, -0.2) is 32.2 Å². The number of amides is 1. The van der Waals surface area contributed by atoms with E-state index < -0.39 is 6.04 Å². The number of nitrogens with zero attached hydrogens (tertiary/aromatic N) is 4. The van der Waals surface area contributed by atoms with E-state index in [-0.39, 0.29) is 5.91 Å². The number of rotatable bonds is 5. The summed E-state index contributed by atoms with van der Waals surface area (Å²) in [5, 5.41) is 14.1. The predicted octanol–water partition coefficient (Wildman–Crippen LogP) is 0.735. The van der Waals surface area contributed by atoms with E-state index in [4.69, 9.17) is 0 Å². The second-order valence-corrected chi connectivity index (χ2v) is 4.78. The second kappa shape index (κ2) is 5.17. The van der Waals surface area contributed by atoms with Crippen molar-refractivity contribution in [3.8, 4) is 0 Å². The van der Waals surface area contributed by atoms with Gasteiger partial charge in [-0.3, -0.25) is 4.79 Å². The third-order valence-electron chi connectivity index (χ3n) is 3.18. The first-order chi connectivity index (χ1) is 9.33. The summed E-state index contributed by atoms with van der Waals surface area (Å²) in [5.41, 5.74) is 1.09. The van der Waals surface area contributed by atoms with Gasteiger partial charge in [-0.2, -0.15) is 0 Å². The van der Waals surface area contributed by atoms with Gasteiger partial charge in [-0.1, -0.05) is 30.3 Å². The van der Waals surface area contributed by atoms with Gasteiger partial charge in [-0.25, -0.2) is 4.68 Å². The monoisotopic (exact) mass is 257 g/mol. The maximum Gasteiger partial charge on any atom is 0.245 e. The summed E-state index contributed by atoms with van der Waals surface area (Å²) >= 11 is 0. The Kier molecular flexibility index (Phi) is 3.22. The first-order valence-electron chi connectivity index (χ1n) is 6.40. The average molecular weight is 257 g/mol. The fraction of sp³-hybridized carbons (Fsp3) is 0.385. The largest absolute Gasteiger partial charge is 0.351 e. The lowest BCUT2D eigenvalue weighted by Crippen LogP contribution is -2.35. The Morgan fingerprint density at radius 3 is 2.79 bits per heavy atom. The Morgan fingerprint density at radius 1 is 1.37 bits per heavy atom. The van der Waals surface area contributed by atoms with E-state index in [0.29, 0.717) is 12.5 Å². The molecule has 3 rings (SSSR count). The van der Waals surface area contributed by atoms with E-state index in [1.165, 1.54) is 11.0 Å². The van der Waals surface area contributed by atoms with Crippen LogP contribution in [0.4, 0.5) is 0 Å². The molecule has 1 heterocycles. The zero-order valence-corrected chi connectivity index (χ0v) is 10.4. The molecule has 0 bridgehead atoms. The van der Waals surface area contributed by atoms with E-state index in [9.17, 15) is 4.79 Å². The topological polar surface area (TPSA) is 72.7 Å². The van der Waals surface area contributed by atoms with Gasteiger partial charge in [-0.15, -0.1) is 5.10 Å². The molecule has 1 saturated carbocycles. The minimum absolute atomic E-state index is 0.0151. The van der Waals surface area contributed by atoms with Crippen molar-refractivity contribution in [3.05, 3.63) is 42.2 Å².